The third-order valence-electron chi connectivity index (χ3n) is 4.53. The number of hydrogen-bond acceptors (Lipinski definition) is 4. The summed E-state index contributed by atoms with van der Waals surface area (Å²) >= 11 is 12.0. The Balaban J connectivity index is 1.56. The van der Waals surface area contributed by atoms with Crippen LogP contribution in [0, 0.1) is 5.92 Å². The number of furan rings is 1. The van der Waals surface area contributed by atoms with Gasteiger partial charge >= 0.3 is 12.0 Å². The van der Waals surface area contributed by atoms with Crippen LogP contribution in [0.15, 0.2) is 53.1 Å². The Hall–Kier alpha value is -3.03. The van der Waals surface area contributed by atoms with E-state index in [1.807, 2.05) is 24.3 Å². The highest BCUT2D eigenvalue weighted by Gasteiger charge is 2.25. The second kappa shape index (κ2) is 9.65. The highest BCUT2D eigenvalue weighted by atomic mass is 35.5. The van der Waals surface area contributed by atoms with E-state index in [1.54, 1.807) is 12.3 Å². The van der Waals surface area contributed by atoms with Gasteiger partial charge in [-0.3, -0.25) is 9.59 Å². The molecule has 7 nitrogen and oxygen atoms in total. The third kappa shape index (κ3) is 5.11. The number of hydrogen-bond donors (Lipinski definition) is 3. The van der Waals surface area contributed by atoms with Crippen molar-refractivity contribution in [2.24, 2.45) is 5.92 Å². The summed E-state index contributed by atoms with van der Waals surface area (Å²) in [6, 6.07) is 11.4. The number of ketones is 1. The van der Waals surface area contributed by atoms with E-state index in [2.05, 4.69) is 10.6 Å². The summed E-state index contributed by atoms with van der Waals surface area (Å²) in [5, 5.41) is 15.7. The monoisotopic (exact) mass is 448 g/mol. The number of carboxylic acid groups (broad SMARTS) is 1. The average molecular weight is 449 g/mol. The molecule has 1 heterocycles. The van der Waals surface area contributed by atoms with E-state index < -0.39 is 23.7 Å². The molecule has 9 heteroatoms. The summed E-state index contributed by atoms with van der Waals surface area (Å²) < 4.78 is 5.41. The number of halogens is 2. The zero-order valence-corrected chi connectivity index (χ0v) is 17.2. The number of amides is 2. The molecule has 0 bridgehead atoms. The molecule has 0 radical (unpaired) electrons. The van der Waals surface area contributed by atoms with Gasteiger partial charge in [-0.1, -0.05) is 47.5 Å². The van der Waals surface area contributed by atoms with E-state index in [9.17, 15) is 19.5 Å². The fraction of sp³-hybridized carbons (Fsp3) is 0.190. The molecule has 0 saturated carbocycles. The van der Waals surface area contributed by atoms with Crippen LogP contribution in [-0.2, 0) is 11.3 Å². The third-order valence-corrected chi connectivity index (χ3v) is 5.16. The maximum absolute atomic E-state index is 12.5. The Kier molecular flexibility index (Phi) is 6.97. The molecule has 1 atom stereocenters. The van der Waals surface area contributed by atoms with Gasteiger partial charge in [0, 0.05) is 30.5 Å². The van der Waals surface area contributed by atoms with Gasteiger partial charge < -0.3 is 20.2 Å². The van der Waals surface area contributed by atoms with Crippen molar-refractivity contribution in [3.63, 3.8) is 0 Å². The van der Waals surface area contributed by atoms with Crippen LogP contribution in [0.2, 0.25) is 10.0 Å². The van der Waals surface area contributed by atoms with Crippen molar-refractivity contribution in [1.29, 1.82) is 0 Å². The first kappa shape index (κ1) is 21.7. The Morgan fingerprint density at radius 2 is 1.70 bits per heavy atom. The zero-order chi connectivity index (χ0) is 21.7. The number of nitrogens with one attached hydrogen (secondary N) is 2. The number of carbonyl (C=O) groups is 3. The SMILES string of the molecule is O=C(NCc1coc2ccccc12)NC[C@H](CC(=O)c1c(Cl)cccc1Cl)C(=O)O. The van der Waals surface area contributed by atoms with Crippen LogP contribution >= 0.6 is 23.2 Å². The molecule has 3 aromatic rings. The Morgan fingerprint density at radius 3 is 2.40 bits per heavy atom. The van der Waals surface area contributed by atoms with Crippen LogP contribution in [-0.4, -0.2) is 29.4 Å². The summed E-state index contributed by atoms with van der Waals surface area (Å²) in [7, 11) is 0. The van der Waals surface area contributed by atoms with Crippen molar-refractivity contribution >= 4 is 52.0 Å². The summed E-state index contributed by atoms with van der Waals surface area (Å²) in [6.45, 7) is -0.0319. The predicted molar refractivity (Wildman–Crippen MR) is 113 cm³/mol. The standard InChI is InChI=1S/C21H18Cl2N2O5/c22-15-5-3-6-16(23)19(15)17(26)8-12(20(27)28)9-24-21(29)25-10-13-11-30-18-7-2-1-4-14(13)18/h1-7,11-12H,8-10H2,(H,27,28)(H2,24,25,29)/t12-/m0/s1. The number of aliphatic carboxylic acids is 1. The summed E-state index contributed by atoms with van der Waals surface area (Å²) in [5.41, 5.74) is 1.57. The molecule has 0 fully saturated rings. The lowest BCUT2D eigenvalue weighted by atomic mass is 9.98. The maximum atomic E-state index is 12.5. The first-order valence-electron chi connectivity index (χ1n) is 9.03. The van der Waals surface area contributed by atoms with Gasteiger partial charge in [-0.15, -0.1) is 0 Å². The Morgan fingerprint density at radius 1 is 1.00 bits per heavy atom. The van der Waals surface area contributed by atoms with Gasteiger partial charge in [0.15, 0.2) is 5.78 Å². The van der Waals surface area contributed by atoms with Gasteiger partial charge in [0.1, 0.15) is 5.58 Å². The van der Waals surface area contributed by atoms with Crippen molar-refractivity contribution < 1.29 is 23.9 Å². The number of fused-ring (bicyclic) bond motifs is 1. The molecule has 3 rings (SSSR count). The van der Waals surface area contributed by atoms with Crippen LogP contribution in [0.5, 0.6) is 0 Å². The van der Waals surface area contributed by atoms with E-state index in [0.717, 1.165) is 10.9 Å². The number of carboxylic acids is 1. The zero-order valence-electron chi connectivity index (χ0n) is 15.7. The minimum Gasteiger partial charge on any atom is -0.481 e. The lowest BCUT2D eigenvalue weighted by molar-refractivity contribution is -0.141. The second-order valence-corrected chi connectivity index (χ2v) is 7.39. The van der Waals surface area contributed by atoms with Gasteiger partial charge in [-0.2, -0.15) is 0 Å². The van der Waals surface area contributed by atoms with Gasteiger partial charge in [0.05, 0.1) is 27.8 Å². The molecule has 1 aromatic heterocycles. The van der Waals surface area contributed by atoms with Crippen molar-refractivity contribution in [1.82, 2.24) is 10.6 Å². The lowest BCUT2D eigenvalue weighted by Gasteiger charge is -2.14. The number of Topliss-reactive ketones (excluding diaryl/α,β-unsaturated/α-hetero) is 1. The highest BCUT2D eigenvalue weighted by molar-refractivity contribution is 6.39. The Bertz CT molecular complexity index is 1080. The number of rotatable bonds is 8. The van der Waals surface area contributed by atoms with Crippen LogP contribution in [0.3, 0.4) is 0 Å². The first-order valence-corrected chi connectivity index (χ1v) is 9.79. The van der Waals surface area contributed by atoms with Crippen LogP contribution < -0.4 is 10.6 Å². The number of benzene rings is 2. The summed E-state index contributed by atoms with van der Waals surface area (Å²) in [6.07, 6.45) is 1.20. The number of para-hydroxylation sites is 1. The van der Waals surface area contributed by atoms with Crippen molar-refractivity contribution in [2.45, 2.75) is 13.0 Å². The molecule has 2 aromatic carbocycles. The summed E-state index contributed by atoms with van der Waals surface area (Å²) in [5.74, 6) is -2.86. The number of carbonyl (C=O) groups excluding carboxylic acids is 2. The van der Waals surface area contributed by atoms with Crippen molar-refractivity contribution in [3.8, 4) is 0 Å². The van der Waals surface area contributed by atoms with Crippen molar-refractivity contribution in [2.75, 3.05) is 6.54 Å². The Labute approximate surface area is 182 Å². The second-order valence-electron chi connectivity index (χ2n) is 6.58. The van der Waals surface area contributed by atoms with Gasteiger partial charge in [-0.25, -0.2) is 4.79 Å². The molecular weight excluding hydrogens is 431 g/mol. The van der Waals surface area contributed by atoms with E-state index in [1.165, 1.54) is 12.1 Å². The van der Waals surface area contributed by atoms with E-state index in [-0.39, 0.29) is 35.1 Å². The molecule has 0 unspecified atom stereocenters. The van der Waals surface area contributed by atoms with Crippen LogP contribution in [0.1, 0.15) is 22.3 Å². The first-order chi connectivity index (χ1) is 14.4. The van der Waals surface area contributed by atoms with Crippen LogP contribution in [0.4, 0.5) is 4.79 Å². The molecule has 0 spiro atoms. The molecular formula is C21H18Cl2N2O5. The van der Waals surface area contributed by atoms with E-state index >= 15 is 0 Å². The molecule has 0 aliphatic heterocycles. The molecule has 0 aliphatic rings. The minimum atomic E-state index is -1.22. The highest BCUT2D eigenvalue weighted by Crippen LogP contribution is 2.26. The molecule has 3 N–H and O–H groups in total. The van der Waals surface area contributed by atoms with Crippen molar-refractivity contribution in [3.05, 3.63) is 69.9 Å². The molecule has 30 heavy (non-hydrogen) atoms. The van der Waals surface area contributed by atoms with Gasteiger partial charge in [-0.05, 0) is 18.2 Å². The van der Waals surface area contributed by atoms with E-state index in [4.69, 9.17) is 27.6 Å². The predicted octanol–water partition coefficient (Wildman–Crippen LogP) is 4.51. The normalized spacial score (nSPS) is 11.8. The quantitative estimate of drug-likeness (QED) is 0.439. The molecule has 0 saturated heterocycles. The molecule has 0 aliphatic carbocycles. The fourth-order valence-corrected chi connectivity index (χ4v) is 3.57. The smallest absolute Gasteiger partial charge is 0.315 e. The average Bonchev–Trinajstić information content (AvgIpc) is 3.12. The number of urea groups is 1. The van der Waals surface area contributed by atoms with Gasteiger partial charge in [0.25, 0.3) is 0 Å². The van der Waals surface area contributed by atoms with Crippen LogP contribution in [0.25, 0.3) is 11.0 Å². The molecule has 2 amide bonds. The summed E-state index contributed by atoms with van der Waals surface area (Å²) in [4.78, 5) is 36.1. The van der Waals surface area contributed by atoms with Gasteiger partial charge in [0.2, 0.25) is 0 Å². The molecule has 156 valence electrons. The topological polar surface area (TPSA) is 109 Å². The lowest BCUT2D eigenvalue weighted by Crippen LogP contribution is -2.40. The minimum absolute atomic E-state index is 0.0726. The van der Waals surface area contributed by atoms with E-state index in [0.29, 0.717) is 5.58 Å². The maximum Gasteiger partial charge on any atom is 0.315 e. The largest absolute Gasteiger partial charge is 0.481 e. The fourth-order valence-electron chi connectivity index (χ4n) is 2.96.